The third-order valence-electron chi connectivity index (χ3n) is 4.12. The molecular weight excluding hydrogens is 371 g/mol. The first-order chi connectivity index (χ1) is 13.7. The number of aromatic nitrogens is 1. The molecule has 0 aliphatic rings. The second-order valence-electron chi connectivity index (χ2n) is 6.07. The van der Waals surface area contributed by atoms with Crippen molar-refractivity contribution in [1.82, 2.24) is 4.98 Å². The quantitative estimate of drug-likeness (QED) is 0.401. The first-order valence-electron chi connectivity index (χ1n) is 9.05. The number of fused-ring (bicyclic) bond motifs is 1. The van der Waals surface area contributed by atoms with Crippen LogP contribution in [0.3, 0.4) is 0 Å². The van der Waals surface area contributed by atoms with Gasteiger partial charge in [0.15, 0.2) is 11.5 Å². The fourth-order valence-corrected chi connectivity index (χ4v) is 3.56. The molecule has 0 saturated heterocycles. The van der Waals surface area contributed by atoms with Crippen LogP contribution in [0.25, 0.3) is 22.4 Å². The molecule has 146 valence electrons. The monoisotopic (exact) mass is 395 g/mol. The molecule has 0 aliphatic heterocycles. The Bertz CT molecular complexity index is 921. The van der Waals surface area contributed by atoms with Gasteiger partial charge >= 0.3 is 0 Å². The van der Waals surface area contributed by atoms with E-state index < -0.39 is 0 Å². The Morgan fingerprint density at radius 3 is 2.46 bits per heavy atom. The summed E-state index contributed by atoms with van der Waals surface area (Å²) in [6.07, 6.45) is 8.77. The molecule has 6 heteroatoms. The third kappa shape index (κ3) is 5.12. The van der Waals surface area contributed by atoms with Crippen molar-refractivity contribution in [3.63, 3.8) is 0 Å². The number of anilines is 1. The van der Waals surface area contributed by atoms with Gasteiger partial charge in [-0.1, -0.05) is 30.4 Å². The molecule has 1 heterocycles. The Balaban J connectivity index is 1.63. The predicted molar refractivity (Wildman–Crippen MR) is 117 cm³/mol. The highest BCUT2D eigenvalue weighted by Gasteiger charge is 2.09. The molecule has 0 unspecified atom stereocenters. The number of allylic oxidation sites excluding steroid dienone is 2. The largest absolute Gasteiger partial charge is 0.493 e. The van der Waals surface area contributed by atoms with Gasteiger partial charge in [0.2, 0.25) is 0 Å². The summed E-state index contributed by atoms with van der Waals surface area (Å²) < 4.78 is 11.7. The number of rotatable bonds is 9. The highest BCUT2D eigenvalue weighted by Crippen LogP contribution is 2.34. The van der Waals surface area contributed by atoms with E-state index in [1.807, 2.05) is 48.6 Å². The van der Waals surface area contributed by atoms with E-state index in [0.717, 1.165) is 39.4 Å². The molecule has 0 bridgehead atoms. The van der Waals surface area contributed by atoms with Crippen LogP contribution in [0.4, 0.5) is 5.69 Å². The summed E-state index contributed by atoms with van der Waals surface area (Å²) in [7, 11) is 3.26. The number of aliphatic hydroxyl groups excluding tert-OH is 1. The molecule has 3 rings (SSSR count). The second kappa shape index (κ2) is 9.92. The van der Waals surface area contributed by atoms with Crippen LogP contribution in [-0.2, 0) is 0 Å². The molecule has 0 radical (unpaired) electrons. The molecule has 2 aromatic carbocycles. The van der Waals surface area contributed by atoms with E-state index >= 15 is 0 Å². The van der Waals surface area contributed by atoms with Crippen molar-refractivity contribution in [1.29, 1.82) is 0 Å². The normalized spacial score (nSPS) is 11.5. The zero-order valence-corrected chi connectivity index (χ0v) is 16.8. The Hall–Kier alpha value is -2.83. The smallest absolute Gasteiger partial charge is 0.162 e. The molecule has 1 aromatic heterocycles. The molecule has 0 amide bonds. The maximum Gasteiger partial charge on any atom is 0.162 e. The van der Waals surface area contributed by atoms with Gasteiger partial charge in [0, 0.05) is 31.0 Å². The highest BCUT2D eigenvalue weighted by molar-refractivity contribution is 7.19. The lowest BCUT2D eigenvalue weighted by Gasteiger charge is -2.05. The van der Waals surface area contributed by atoms with E-state index in [2.05, 4.69) is 22.4 Å². The second-order valence-corrected chi connectivity index (χ2v) is 7.13. The highest BCUT2D eigenvalue weighted by atomic mass is 32.1. The van der Waals surface area contributed by atoms with E-state index in [1.165, 1.54) is 0 Å². The van der Waals surface area contributed by atoms with Gasteiger partial charge in [-0.15, -0.1) is 11.3 Å². The van der Waals surface area contributed by atoms with Crippen LogP contribution in [0.1, 0.15) is 17.0 Å². The van der Waals surface area contributed by atoms with Crippen LogP contribution in [-0.4, -0.2) is 37.5 Å². The van der Waals surface area contributed by atoms with Crippen LogP contribution >= 0.6 is 11.3 Å². The van der Waals surface area contributed by atoms with Gasteiger partial charge < -0.3 is 19.9 Å². The van der Waals surface area contributed by atoms with Gasteiger partial charge in [0.25, 0.3) is 0 Å². The van der Waals surface area contributed by atoms with E-state index in [0.29, 0.717) is 11.5 Å². The minimum atomic E-state index is 0.204. The molecule has 0 spiro atoms. The molecule has 2 N–H and O–H groups in total. The lowest BCUT2D eigenvalue weighted by atomic mass is 10.2. The van der Waals surface area contributed by atoms with Gasteiger partial charge in [-0.05, 0) is 30.2 Å². The Kier molecular flexibility index (Phi) is 7.06. The fraction of sp³-hybridized carbons (Fsp3) is 0.227. The molecule has 0 atom stereocenters. The summed E-state index contributed by atoms with van der Waals surface area (Å²) in [6, 6.07) is 12.0. The number of benzene rings is 2. The van der Waals surface area contributed by atoms with Crippen LogP contribution < -0.4 is 14.8 Å². The third-order valence-corrected chi connectivity index (χ3v) is 5.11. The van der Waals surface area contributed by atoms with E-state index in [1.54, 1.807) is 25.6 Å². The van der Waals surface area contributed by atoms with Crippen LogP contribution in [0.15, 0.2) is 48.6 Å². The van der Waals surface area contributed by atoms with Gasteiger partial charge in [-0.3, -0.25) is 0 Å². The van der Waals surface area contributed by atoms with Crippen LogP contribution in [0.2, 0.25) is 0 Å². The topological polar surface area (TPSA) is 63.6 Å². The molecule has 0 aliphatic carbocycles. The standard InChI is InChI=1S/C22H24N2O3S/c1-26-19-14-18-21(15-20(19)27-2)28-22(24-18)7-4-3-6-16-8-10-17(11-9-16)23-12-5-13-25/h3-4,6-11,14-15,23,25H,5,12-13H2,1-2H3/b6-3+,7-4+/i2-1. The average Bonchev–Trinajstić information content (AvgIpc) is 3.13. The summed E-state index contributed by atoms with van der Waals surface area (Å²) in [4.78, 5) is 4.62. The van der Waals surface area contributed by atoms with E-state index in [9.17, 15) is 0 Å². The minimum Gasteiger partial charge on any atom is -0.493 e. The summed E-state index contributed by atoms with van der Waals surface area (Å²) >= 11 is 1.61. The first-order valence-corrected chi connectivity index (χ1v) is 9.87. The van der Waals surface area contributed by atoms with Gasteiger partial charge in [-0.2, -0.15) is 0 Å². The number of nitrogens with zero attached hydrogens (tertiary/aromatic N) is 1. The zero-order valence-electron chi connectivity index (χ0n) is 16.0. The van der Waals surface area contributed by atoms with Crippen molar-refractivity contribution in [2.75, 3.05) is 32.7 Å². The average molecular weight is 396 g/mol. The molecule has 28 heavy (non-hydrogen) atoms. The van der Waals surface area contributed by atoms with Crippen molar-refractivity contribution in [2.24, 2.45) is 0 Å². The lowest BCUT2D eigenvalue weighted by Crippen LogP contribution is -2.02. The number of aliphatic hydroxyl groups is 1. The molecular formula is C22H24N2O3S. The van der Waals surface area contributed by atoms with Crippen molar-refractivity contribution >= 4 is 39.4 Å². The number of methoxy groups -OCH3 is 2. The van der Waals surface area contributed by atoms with Crippen molar-refractivity contribution in [2.45, 2.75) is 6.42 Å². The van der Waals surface area contributed by atoms with Gasteiger partial charge in [0.05, 0.1) is 24.4 Å². The maximum absolute atomic E-state index is 8.81. The Labute approximate surface area is 169 Å². The SMILES string of the molecule is COc1cc2nc(/C=C/C=C/c3ccc(NCCCO)cc3)sc2cc1O[11CH3]. The number of thiazole rings is 1. The lowest BCUT2D eigenvalue weighted by molar-refractivity contribution is 0.292. The van der Waals surface area contributed by atoms with Gasteiger partial charge in [0.1, 0.15) is 5.01 Å². The number of nitrogens with one attached hydrogen (secondary N) is 1. The van der Waals surface area contributed by atoms with Gasteiger partial charge in [-0.25, -0.2) is 4.98 Å². The van der Waals surface area contributed by atoms with Crippen LogP contribution in [0.5, 0.6) is 11.5 Å². The van der Waals surface area contributed by atoms with Crippen molar-refractivity contribution < 1.29 is 14.6 Å². The molecule has 3 aromatic rings. The summed E-state index contributed by atoms with van der Waals surface area (Å²) in [5.41, 5.74) is 3.08. The summed E-state index contributed by atoms with van der Waals surface area (Å²) in [5, 5.41) is 13.0. The Morgan fingerprint density at radius 2 is 1.75 bits per heavy atom. The molecule has 0 fully saturated rings. The fourth-order valence-electron chi connectivity index (χ4n) is 2.67. The number of ether oxygens (including phenoxy) is 2. The molecule has 5 nitrogen and oxygen atoms in total. The number of hydrogen-bond donors (Lipinski definition) is 2. The summed E-state index contributed by atoms with van der Waals surface area (Å²) in [6.45, 7) is 0.976. The predicted octanol–water partition coefficient (Wildman–Crippen LogP) is 4.83. The van der Waals surface area contributed by atoms with E-state index in [-0.39, 0.29) is 6.61 Å². The maximum atomic E-state index is 8.81. The zero-order chi connectivity index (χ0) is 19.8. The first kappa shape index (κ1) is 19.9. The minimum absolute atomic E-state index is 0.204. The van der Waals surface area contributed by atoms with Crippen molar-refractivity contribution in [3.05, 3.63) is 59.1 Å². The summed E-state index contributed by atoms with van der Waals surface area (Å²) in [5.74, 6) is 1.40. The van der Waals surface area contributed by atoms with Crippen LogP contribution in [0, 0.1) is 0 Å². The van der Waals surface area contributed by atoms with Crippen molar-refractivity contribution in [3.8, 4) is 11.5 Å². The number of hydrogen-bond acceptors (Lipinski definition) is 6. The molecule has 0 saturated carbocycles. The Morgan fingerprint density at radius 1 is 1.04 bits per heavy atom. The van der Waals surface area contributed by atoms with E-state index in [4.69, 9.17) is 14.6 Å².